The van der Waals surface area contributed by atoms with Crippen molar-refractivity contribution in [3.05, 3.63) is 36.0 Å². The van der Waals surface area contributed by atoms with Gasteiger partial charge in [-0.15, -0.1) is 0 Å². The van der Waals surface area contributed by atoms with Crippen molar-refractivity contribution in [1.82, 2.24) is 9.88 Å². The first-order valence-corrected chi connectivity index (χ1v) is 7.19. The molecule has 2 aromatic rings. The van der Waals surface area contributed by atoms with E-state index in [0.29, 0.717) is 6.54 Å². The number of carbonyl (C=O) groups excluding carboxylic acids is 1. The van der Waals surface area contributed by atoms with Crippen molar-refractivity contribution in [2.45, 2.75) is 25.9 Å². The van der Waals surface area contributed by atoms with E-state index in [4.69, 9.17) is 0 Å². The molecule has 0 saturated carbocycles. The smallest absolute Gasteiger partial charge is 0.253 e. The van der Waals surface area contributed by atoms with Crippen LogP contribution in [0.3, 0.4) is 0 Å². The highest BCUT2D eigenvalue weighted by molar-refractivity contribution is 5.98. The van der Waals surface area contributed by atoms with Gasteiger partial charge in [-0.1, -0.05) is 0 Å². The van der Waals surface area contributed by atoms with Crippen LogP contribution >= 0.6 is 0 Å². The maximum Gasteiger partial charge on any atom is 0.253 e. The van der Waals surface area contributed by atoms with Crippen LogP contribution in [0.5, 0.6) is 0 Å². The van der Waals surface area contributed by atoms with Gasteiger partial charge in [0.25, 0.3) is 5.91 Å². The first kappa shape index (κ1) is 13.2. The van der Waals surface area contributed by atoms with Gasteiger partial charge in [-0.3, -0.25) is 4.79 Å². The van der Waals surface area contributed by atoms with Crippen molar-refractivity contribution in [3.8, 4) is 0 Å². The Hall–Kier alpha value is -1.81. The first-order valence-electron chi connectivity index (χ1n) is 7.19. The molecular weight excluding hydrogens is 252 g/mol. The van der Waals surface area contributed by atoms with E-state index in [-0.39, 0.29) is 17.9 Å². The molecule has 1 aromatic heterocycles. The summed E-state index contributed by atoms with van der Waals surface area (Å²) in [6.07, 6.45) is 3.49. The second-order valence-corrected chi connectivity index (χ2v) is 5.67. The number of amides is 1. The number of fused-ring (bicyclic) bond motifs is 1. The number of aliphatic hydroxyl groups excluding tert-OH is 1. The summed E-state index contributed by atoms with van der Waals surface area (Å²) in [7, 11) is 0. The van der Waals surface area contributed by atoms with Crippen LogP contribution in [0.15, 0.2) is 30.5 Å². The van der Waals surface area contributed by atoms with Crippen LogP contribution in [0, 0.1) is 5.92 Å². The van der Waals surface area contributed by atoms with Crippen LogP contribution in [0.25, 0.3) is 10.9 Å². The third-order valence-electron chi connectivity index (χ3n) is 4.23. The molecular formula is C16H20N2O2. The molecule has 2 heterocycles. The highest BCUT2D eigenvalue weighted by atomic mass is 16.3. The maximum absolute atomic E-state index is 12.6. The number of aromatic amines is 1. The molecule has 1 saturated heterocycles. The number of aromatic nitrogens is 1. The van der Waals surface area contributed by atoms with E-state index in [2.05, 4.69) is 4.98 Å². The second-order valence-electron chi connectivity index (χ2n) is 5.67. The molecule has 0 spiro atoms. The molecule has 1 amide bonds. The van der Waals surface area contributed by atoms with E-state index in [1.54, 1.807) is 0 Å². The minimum Gasteiger partial charge on any atom is -0.393 e. The van der Waals surface area contributed by atoms with Crippen molar-refractivity contribution in [2.24, 2.45) is 5.92 Å². The molecule has 0 radical (unpaired) electrons. The van der Waals surface area contributed by atoms with Gasteiger partial charge < -0.3 is 15.0 Å². The van der Waals surface area contributed by atoms with Gasteiger partial charge in [0.05, 0.1) is 6.10 Å². The zero-order valence-corrected chi connectivity index (χ0v) is 11.7. The van der Waals surface area contributed by atoms with Crippen molar-refractivity contribution < 1.29 is 9.90 Å². The molecule has 4 nitrogen and oxygen atoms in total. The molecule has 1 aliphatic heterocycles. The average Bonchev–Trinajstić information content (AvgIpc) is 2.94. The van der Waals surface area contributed by atoms with E-state index >= 15 is 0 Å². The van der Waals surface area contributed by atoms with Gasteiger partial charge >= 0.3 is 0 Å². The molecule has 4 heteroatoms. The molecule has 2 unspecified atom stereocenters. The fourth-order valence-corrected chi connectivity index (χ4v) is 2.96. The Labute approximate surface area is 118 Å². The number of hydrogen-bond acceptors (Lipinski definition) is 2. The van der Waals surface area contributed by atoms with E-state index in [1.165, 1.54) is 0 Å². The van der Waals surface area contributed by atoms with Crippen LogP contribution < -0.4 is 0 Å². The SMILES string of the molecule is CC(O)C1CCCN(C(=O)c2ccc3[nH]ccc3c2)C1. The number of likely N-dealkylation sites (tertiary alicyclic amines) is 1. The summed E-state index contributed by atoms with van der Waals surface area (Å²) in [5.74, 6) is 0.266. The topological polar surface area (TPSA) is 56.3 Å². The maximum atomic E-state index is 12.6. The molecule has 2 N–H and O–H groups in total. The Kier molecular flexibility index (Phi) is 3.49. The summed E-state index contributed by atoms with van der Waals surface area (Å²) in [6.45, 7) is 3.25. The molecule has 1 fully saturated rings. The summed E-state index contributed by atoms with van der Waals surface area (Å²) >= 11 is 0. The summed E-state index contributed by atoms with van der Waals surface area (Å²) in [4.78, 5) is 17.6. The minimum absolute atomic E-state index is 0.0680. The quantitative estimate of drug-likeness (QED) is 0.882. The summed E-state index contributed by atoms with van der Waals surface area (Å²) in [5, 5.41) is 10.8. The Balaban J connectivity index is 1.80. The predicted molar refractivity (Wildman–Crippen MR) is 78.6 cm³/mol. The van der Waals surface area contributed by atoms with Crippen LogP contribution in [0.4, 0.5) is 0 Å². The van der Waals surface area contributed by atoms with E-state index in [0.717, 1.165) is 35.9 Å². The zero-order chi connectivity index (χ0) is 14.1. The van der Waals surface area contributed by atoms with Crippen molar-refractivity contribution >= 4 is 16.8 Å². The third kappa shape index (κ3) is 2.43. The lowest BCUT2D eigenvalue weighted by Crippen LogP contribution is -2.42. The predicted octanol–water partition coefficient (Wildman–Crippen LogP) is 2.40. The number of piperidine rings is 1. The molecule has 0 aliphatic carbocycles. The summed E-state index contributed by atoms with van der Waals surface area (Å²) in [5.41, 5.74) is 1.77. The lowest BCUT2D eigenvalue weighted by Gasteiger charge is -2.34. The second kappa shape index (κ2) is 5.29. The van der Waals surface area contributed by atoms with Crippen LogP contribution in [-0.4, -0.2) is 40.1 Å². The van der Waals surface area contributed by atoms with Gasteiger partial charge in [0.1, 0.15) is 0 Å². The number of nitrogens with zero attached hydrogens (tertiary/aromatic N) is 1. The zero-order valence-electron chi connectivity index (χ0n) is 11.7. The number of aliphatic hydroxyl groups is 1. The number of benzene rings is 1. The third-order valence-corrected chi connectivity index (χ3v) is 4.23. The van der Waals surface area contributed by atoms with Gasteiger partial charge in [0, 0.05) is 41.7 Å². The van der Waals surface area contributed by atoms with E-state index in [1.807, 2.05) is 42.3 Å². The Morgan fingerprint density at radius 2 is 2.30 bits per heavy atom. The number of H-pyrrole nitrogens is 1. The van der Waals surface area contributed by atoms with Gasteiger partial charge in [0.15, 0.2) is 0 Å². The molecule has 1 aliphatic rings. The fourth-order valence-electron chi connectivity index (χ4n) is 2.96. The van der Waals surface area contributed by atoms with Gasteiger partial charge in [-0.2, -0.15) is 0 Å². The highest BCUT2D eigenvalue weighted by Gasteiger charge is 2.27. The standard InChI is InChI=1S/C16H20N2O2/c1-11(19)14-3-2-8-18(10-14)16(20)13-4-5-15-12(9-13)6-7-17-15/h4-7,9,11,14,17,19H,2-3,8,10H2,1H3. The highest BCUT2D eigenvalue weighted by Crippen LogP contribution is 2.22. The monoisotopic (exact) mass is 272 g/mol. The number of hydrogen-bond donors (Lipinski definition) is 2. The molecule has 3 rings (SSSR count). The Morgan fingerprint density at radius 3 is 3.10 bits per heavy atom. The molecule has 1 aromatic carbocycles. The van der Waals surface area contributed by atoms with Crippen molar-refractivity contribution in [1.29, 1.82) is 0 Å². The van der Waals surface area contributed by atoms with Crippen molar-refractivity contribution in [3.63, 3.8) is 0 Å². The van der Waals surface area contributed by atoms with Crippen LogP contribution in [-0.2, 0) is 0 Å². The molecule has 20 heavy (non-hydrogen) atoms. The van der Waals surface area contributed by atoms with Crippen LogP contribution in [0.1, 0.15) is 30.1 Å². The van der Waals surface area contributed by atoms with Gasteiger partial charge in [-0.05, 0) is 44.0 Å². The Bertz CT molecular complexity index is 618. The number of nitrogens with one attached hydrogen (secondary N) is 1. The van der Waals surface area contributed by atoms with E-state index in [9.17, 15) is 9.90 Å². The van der Waals surface area contributed by atoms with Crippen molar-refractivity contribution in [2.75, 3.05) is 13.1 Å². The molecule has 106 valence electrons. The lowest BCUT2D eigenvalue weighted by atomic mass is 9.93. The normalized spacial score (nSPS) is 21.1. The Morgan fingerprint density at radius 1 is 1.45 bits per heavy atom. The number of rotatable bonds is 2. The molecule has 2 atom stereocenters. The summed E-state index contributed by atoms with van der Waals surface area (Å²) < 4.78 is 0. The largest absolute Gasteiger partial charge is 0.393 e. The van der Waals surface area contributed by atoms with Gasteiger partial charge in [-0.25, -0.2) is 0 Å². The van der Waals surface area contributed by atoms with Crippen LogP contribution in [0.2, 0.25) is 0 Å². The average molecular weight is 272 g/mol. The number of carbonyl (C=O) groups is 1. The van der Waals surface area contributed by atoms with Gasteiger partial charge in [0.2, 0.25) is 0 Å². The molecule has 0 bridgehead atoms. The summed E-state index contributed by atoms with van der Waals surface area (Å²) in [6, 6.07) is 7.72. The lowest BCUT2D eigenvalue weighted by molar-refractivity contribution is 0.0466. The van der Waals surface area contributed by atoms with E-state index < -0.39 is 0 Å². The first-order chi connectivity index (χ1) is 9.65. The fraction of sp³-hybridized carbons (Fsp3) is 0.438. The minimum atomic E-state index is -0.349.